The third-order valence-corrected chi connectivity index (χ3v) is 9.83. The molecule has 43 heavy (non-hydrogen) atoms. The molecule has 4 heterocycles. The molecule has 1 aromatic carbocycles. The number of carbonyl (C=O) groups excluding carboxylic acids is 1. The van der Waals surface area contributed by atoms with Crippen LogP contribution in [0.5, 0.6) is 5.75 Å². The summed E-state index contributed by atoms with van der Waals surface area (Å²) in [5.74, 6) is -0.392. The molecule has 0 spiro atoms. The number of ether oxygens (including phenoxy) is 2. The Balaban J connectivity index is 1.55. The van der Waals surface area contributed by atoms with Gasteiger partial charge in [0, 0.05) is 37.1 Å². The van der Waals surface area contributed by atoms with Gasteiger partial charge in [-0.1, -0.05) is 11.3 Å². The van der Waals surface area contributed by atoms with Crippen molar-refractivity contribution in [1.82, 2.24) is 23.8 Å². The minimum Gasteiger partial charge on any atom is -0.496 e. The summed E-state index contributed by atoms with van der Waals surface area (Å²) in [6, 6.07) is 4.98. The van der Waals surface area contributed by atoms with Crippen LogP contribution in [0.3, 0.4) is 0 Å². The van der Waals surface area contributed by atoms with E-state index in [2.05, 4.69) is 5.10 Å². The summed E-state index contributed by atoms with van der Waals surface area (Å²) >= 11 is 1.25. The Hall–Kier alpha value is -3.81. The molecular weight excluding hydrogens is 577 g/mol. The van der Waals surface area contributed by atoms with Gasteiger partial charge in [0.2, 0.25) is 5.91 Å². The van der Waals surface area contributed by atoms with E-state index in [-0.39, 0.29) is 18.6 Å². The van der Waals surface area contributed by atoms with Crippen molar-refractivity contribution in [3.8, 4) is 10.8 Å². The van der Waals surface area contributed by atoms with Gasteiger partial charge in [-0.2, -0.15) is 5.10 Å². The topological polar surface area (TPSA) is 121 Å². The summed E-state index contributed by atoms with van der Waals surface area (Å²) in [5.41, 5.74) is -0.109. The lowest BCUT2D eigenvalue weighted by atomic mass is 9.94. The molecule has 1 aliphatic carbocycles. The first kappa shape index (κ1) is 29.3. The van der Waals surface area contributed by atoms with E-state index in [1.165, 1.54) is 46.1 Å². The highest BCUT2D eigenvalue weighted by Crippen LogP contribution is 2.36. The van der Waals surface area contributed by atoms with Crippen LogP contribution in [0.15, 0.2) is 46.2 Å². The fourth-order valence-corrected chi connectivity index (χ4v) is 7.44. The number of aromatic nitrogens is 4. The number of hydrogen-bond acceptors (Lipinski definition) is 8. The second kappa shape index (κ2) is 11.7. The maximum atomic E-state index is 14.7. The lowest BCUT2D eigenvalue weighted by Gasteiger charge is -2.31. The van der Waals surface area contributed by atoms with Gasteiger partial charge >= 0.3 is 5.69 Å². The van der Waals surface area contributed by atoms with Gasteiger partial charge < -0.3 is 19.5 Å². The first-order valence-corrected chi connectivity index (χ1v) is 15.2. The van der Waals surface area contributed by atoms with Crippen molar-refractivity contribution in [1.29, 1.82) is 0 Å². The van der Waals surface area contributed by atoms with Crippen LogP contribution in [0.25, 0.3) is 15.2 Å². The molecule has 6 rings (SSSR count). The molecule has 4 aromatic rings. The summed E-state index contributed by atoms with van der Waals surface area (Å²) in [6.07, 6.45) is 4.58. The molecule has 1 saturated carbocycles. The number of aliphatic hydroxyl groups excluding tert-OH is 1. The van der Waals surface area contributed by atoms with Crippen LogP contribution in [0.4, 0.5) is 4.39 Å². The molecule has 11 nitrogen and oxygen atoms in total. The second-order valence-electron chi connectivity index (χ2n) is 11.2. The fourth-order valence-electron chi connectivity index (χ4n) is 6.19. The van der Waals surface area contributed by atoms with Crippen molar-refractivity contribution in [3.05, 3.63) is 74.4 Å². The van der Waals surface area contributed by atoms with E-state index in [0.717, 1.165) is 4.57 Å². The zero-order valence-corrected chi connectivity index (χ0v) is 25.1. The summed E-state index contributed by atoms with van der Waals surface area (Å²) < 4.78 is 31.0. The van der Waals surface area contributed by atoms with E-state index >= 15 is 0 Å². The summed E-state index contributed by atoms with van der Waals surface area (Å²) in [6.45, 7) is 2.16. The molecular formula is C30H34FN5O6S. The number of aryl methyl sites for hydroxylation is 1. The van der Waals surface area contributed by atoms with Gasteiger partial charge in [0.25, 0.3) is 5.56 Å². The predicted octanol–water partition coefficient (Wildman–Crippen LogP) is 3.33. The van der Waals surface area contributed by atoms with Crippen LogP contribution in [0.1, 0.15) is 55.4 Å². The third-order valence-electron chi connectivity index (χ3n) is 8.53. The monoisotopic (exact) mass is 611 g/mol. The van der Waals surface area contributed by atoms with E-state index in [9.17, 15) is 23.9 Å². The first-order chi connectivity index (χ1) is 20.7. The molecule has 0 radical (unpaired) electrons. The zero-order chi connectivity index (χ0) is 30.4. The highest BCUT2D eigenvalue weighted by atomic mass is 32.1. The smallest absolute Gasteiger partial charge is 0.332 e. The van der Waals surface area contributed by atoms with Crippen molar-refractivity contribution in [2.45, 2.75) is 69.9 Å². The van der Waals surface area contributed by atoms with Crippen molar-refractivity contribution < 1.29 is 23.8 Å². The third kappa shape index (κ3) is 5.30. The molecule has 1 unspecified atom stereocenters. The number of hydrogen-bond donors (Lipinski definition) is 1. The molecule has 0 bridgehead atoms. The molecule has 3 aromatic heterocycles. The van der Waals surface area contributed by atoms with E-state index < -0.39 is 35.3 Å². The van der Waals surface area contributed by atoms with Gasteiger partial charge in [0.1, 0.15) is 33.5 Å². The predicted molar refractivity (Wildman–Crippen MR) is 159 cm³/mol. The zero-order valence-electron chi connectivity index (χ0n) is 24.2. The average molecular weight is 612 g/mol. The number of thiophene rings is 1. The van der Waals surface area contributed by atoms with Gasteiger partial charge in [-0.25, -0.2) is 18.4 Å². The molecule has 1 N–H and O–H groups in total. The molecule has 2 fully saturated rings. The maximum absolute atomic E-state index is 14.7. The number of halogens is 1. The van der Waals surface area contributed by atoms with Crippen LogP contribution in [0, 0.1) is 12.7 Å². The maximum Gasteiger partial charge on any atom is 0.332 e. The number of carbonyl (C=O) groups is 1. The van der Waals surface area contributed by atoms with Crippen molar-refractivity contribution in [3.63, 3.8) is 0 Å². The number of methoxy groups -OCH3 is 1. The molecule has 2 atom stereocenters. The molecule has 1 amide bonds. The molecule has 228 valence electrons. The van der Waals surface area contributed by atoms with Crippen LogP contribution in [-0.2, 0) is 16.1 Å². The quantitative estimate of drug-likeness (QED) is 0.325. The minimum absolute atomic E-state index is 0.0657. The second-order valence-corrected chi connectivity index (χ2v) is 12.2. The Kier molecular flexibility index (Phi) is 7.96. The molecule has 1 aliphatic heterocycles. The lowest BCUT2D eigenvalue weighted by Crippen LogP contribution is -2.45. The van der Waals surface area contributed by atoms with Gasteiger partial charge in [0.15, 0.2) is 0 Å². The molecule has 1 saturated heterocycles. The first-order valence-electron chi connectivity index (χ1n) is 14.4. The van der Waals surface area contributed by atoms with Crippen LogP contribution in [0.2, 0.25) is 0 Å². The van der Waals surface area contributed by atoms with Crippen LogP contribution in [-0.4, -0.2) is 67.7 Å². The van der Waals surface area contributed by atoms with E-state index in [0.29, 0.717) is 70.7 Å². The van der Waals surface area contributed by atoms with Gasteiger partial charge in [-0.3, -0.25) is 14.2 Å². The number of aliphatic hydroxyl groups is 1. The Morgan fingerprint density at radius 2 is 1.93 bits per heavy atom. The Bertz CT molecular complexity index is 1770. The lowest BCUT2D eigenvalue weighted by molar-refractivity contribution is -0.129. The number of likely N-dealkylation sites (N-methyl/N-ethyl adjacent to an activating group) is 1. The van der Waals surface area contributed by atoms with Gasteiger partial charge in [0.05, 0.1) is 31.2 Å². The van der Waals surface area contributed by atoms with E-state index in [1.54, 1.807) is 37.1 Å². The van der Waals surface area contributed by atoms with Crippen LogP contribution >= 0.6 is 11.3 Å². The summed E-state index contributed by atoms with van der Waals surface area (Å²) in [4.78, 5) is 43.4. The van der Waals surface area contributed by atoms with Crippen molar-refractivity contribution >= 4 is 27.5 Å². The molecule has 13 heteroatoms. The Morgan fingerprint density at radius 1 is 1.16 bits per heavy atom. The number of rotatable bonds is 8. The Labute approximate surface area is 250 Å². The normalized spacial score (nSPS) is 21.6. The highest BCUT2D eigenvalue weighted by molar-refractivity contribution is 7.21. The standard InChI is InChI=1S/C30H34FN5O6S/c1-17-25-27(39)36(22-11-14-33(2)26(22)38)30(40)34(29(25)43-28(17)35-13-4-12-32-35)16-24(42-20-8-6-19(37)7-9-20)21-15-18(31)5-10-23(21)41-3/h4-5,10,12-13,15,19-20,22,24,37H,6-9,11,14,16H2,1-3H3/t19?,20?,22-,24?/m1/s1. The average Bonchev–Trinajstić information content (AvgIpc) is 3.72. The number of amides is 1. The van der Waals surface area contributed by atoms with E-state index in [4.69, 9.17) is 9.47 Å². The van der Waals surface area contributed by atoms with Gasteiger partial charge in [-0.05, 0) is 63.3 Å². The number of fused-ring (bicyclic) bond motifs is 1. The largest absolute Gasteiger partial charge is 0.496 e. The van der Waals surface area contributed by atoms with Gasteiger partial charge in [-0.15, -0.1) is 0 Å². The van der Waals surface area contributed by atoms with Crippen LogP contribution < -0.4 is 16.0 Å². The summed E-state index contributed by atoms with van der Waals surface area (Å²) in [5, 5.41) is 15.4. The number of likely N-dealkylation sites (tertiary alicyclic amines) is 1. The van der Waals surface area contributed by atoms with Crippen molar-refractivity contribution in [2.24, 2.45) is 0 Å². The molecule has 2 aliphatic rings. The Morgan fingerprint density at radius 3 is 2.58 bits per heavy atom. The fraction of sp³-hybridized carbons (Fsp3) is 0.467. The number of nitrogens with zero attached hydrogens (tertiary/aromatic N) is 5. The SMILES string of the molecule is COc1ccc(F)cc1C(Cn1c(=O)n([C@@H]2CCN(C)C2=O)c(=O)c2c(C)c(-n3cccn3)sc21)OC1CCC(O)CC1. The minimum atomic E-state index is -0.934. The van der Waals surface area contributed by atoms with E-state index in [1.807, 2.05) is 0 Å². The number of benzene rings is 1. The summed E-state index contributed by atoms with van der Waals surface area (Å²) in [7, 11) is 3.13. The van der Waals surface area contributed by atoms with Crippen molar-refractivity contribution in [2.75, 3.05) is 20.7 Å². The highest BCUT2D eigenvalue weighted by Gasteiger charge is 2.36.